The van der Waals surface area contributed by atoms with Gasteiger partial charge in [0.05, 0.1) is 6.04 Å². The Morgan fingerprint density at radius 1 is 1.53 bits per heavy atom. The standard InChI is InChI=1S/C14H21N3OS/c1-2-10-8-15-14(19-10)17-13(18)12-7-9-5-3-4-6-11(9)16-12/h8-9,11-12,16H,2-7H2,1H3,(H,15,17,18). The average Bonchev–Trinajstić information content (AvgIpc) is 3.04. The van der Waals surface area contributed by atoms with E-state index in [1.54, 1.807) is 11.3 Å². The third-order valence-electron chi connectivity index (χ3n) is 4.31. The number of carbonyl (C=O) groups excluding carboxylic acids is 1. The minimum Gasteiger partial charge on any atom is -0.303 e. The number of amides is 1. The molecule has 19 heavy (non-hydrogen) atoms. The van der Waals surface area contributed by atoms with E-state index in [4.69, 9.17) is 0 Å². The van der Waals surface area contributed by atoms with Crippen LogP contribution < -0.4 is 10.6 Å². The second-order valence-corrected chi connectivity index (χ2v) is 6.70. The summed E-state index contributed by atoms with van der Waals surface area (Å²) in [6.45, 7) is 2.10. The van der Waals surface area contributed by atoms with Gasteiger partial charge in [-0.2, -0.15) is 0 Å². The SMILES string of the molecule is CCc1cnc(NC(=O)C2CC3CCCCC3N2)s1. The second-order valence-electron chi connectivity index (χ2n) is 5.58. The zero-order chi connectivity index (χ0) is 13.2. The number of aryl methyl sites for hydroxylation is 1. The van der Waals surface area contributed by atoms with Gasteiger partial charge in [0.25, 0.3) is 0 Å². The van der Waals surface area contributed by atoms with E-state index in [1.165, 1.54) is 30.6 Å². The Labute approximate surface area is 118 Å². The van der Waals surface area contributed by atoms with E-state index in [0.717, 1.165) is 18.0 Å². The van der Waals surface area contributed by atoms with Crippen LogP contribution in [0.2, 0.25) is 0 Å². The molecular formula is C14H21N3OS. The number of nitrogens with zero attached hydrogens (tertiary/aromatic N) is 1. The van der Waals surface area contributed by atoms with Crippen LogP contribution >= 0.6 is 11.3 Å². The molecule has 1 aliphatic carbocycles. The summed E-state index contributed by atoms with van der Waals surface area (Å²) in [7, 11) is 0. The van der Waals surface area contributed by atoms with Gasteiger partial charge in [0.15, 0.2) is 5.13 Å². The molecule has 0 aromatic carbocycles. The average molecular weight is 279 g/mol. The van der Waals surface area contributed by atoms with Crippen LogP contribution in [0, 0.1) is 5.92 Å². The number of hydrogen-bond donors (Lipinski definition) is 2. The van der Waals surface area contributed by atoms with Crippen molar-refractivity contribution < 1.29 is 4.79 Å². The summed E-state index contributed by atoms with van der Waals surface area (Å²) < 4.78 is 0. The Morgan fingerprint density at radius 3 is 3.11 bits per heavy atom. The highest BCUT2D eigenvalue weighted by Gasteiger charge is 2.38. The molecule has 1 aromatic heterocycles. The van der Waals surface area contributed by atoms with Gasteiger partial charge >= 0.3 is 0 Å². The van der Waals surface area contributed by atoms with Crippen LogP contribution in [0.5, 0.6) is 0 Å². The fraction of sp³-hybridized carbons (Fsp3) is 0.714. The lowest BCUT2D eigenvalue weighted by Crippen LogP contribution is -2.39. The van der Waals surface area contributed by atoms with E-state index in [-0.39, 0.29) is 11.9 Å². The maximum atomic E-state index is 12.2. The van der Waals surface area contributed by atoms with E-state index in [9.17, 15) is 4.79 Å². The zero-order valence-corrected chi connectivity index (χ0v) is 12.1. The number of anilines is 1. The molecule has 5 heteroatoms. The predicted octanol–water partition coefficient (Wildman–Crippen LogP) is 2.56. The molecule has 0 spiro atoms. The third-order valence-corrected chi connectivity index (χ3v) is 5.37. The van der Waals surface area contributed by atoms with Crippen LogP contribution in [0.25, 0.3) is 0 Å². The molecule has 1 amide bonds. The van der Waals surface area contributed by atoms with Crippen molar-refractivity contribution in [3.05, 3.63) is 11.1 Å². The Morgan fingerprint density at radius 2 is 2.37 bits per heavy atom. The number of fused-ring (bicyclic) bond motifs is 1. The van der Waals surface area contributed by atoms with E-state index < -0.39 is 0 Å². The normalized spacial score (nSPS) is 30.1. The summed E-state index contributed by atoms with van der Waals surface area (Å²) in [5.41, 5.74) is 0. The minimum absolute atomic E-state index is 0.0259. The van der Waals surface area contributed by atoms with Crippen molar-refractivity contribution in [3.8, 4) is 0 Å². The maximum absolute atomic E-state index is 12.2. The molecular weight excluding hydrogens is 258 g/mol. The van der Waals surface area contributed by atoms with Crippen LogP contribution in [0.3, 0.4) is 0 Å². The van der Waals surface area contributed by atoms with Crippen molar-refractivity contribution >= 4 is 22.4 Å². The van der Waals surface area contributed by atoms with E-state index in [2.05, 4.69) is 22.5 Å². The predicted molar refractivity (Wildman–Crippen MR) is 77.4 cm³/mol. The lowest BCUT2D eigenvalue weighted by molar-refractivity contribution is -0.117. The first-order valence-corrected chi connectivity index (χ1v) is 8.09. The van der Waals surface area contributed by atoms with Crippen molar-refractivity contribution in [1.82, 2.24) is 10.3 Å². The summed E-state index contributed by atoms with van der Waals surface area (Å²) in [5.74, 6) is 0.790. The Balaban J connectivity index is 1.58. The highest BCUT2D eigenvalue weighted by atomic mass is 32.1. The van der Waals surface area contributed by atoms with Crippen LogP contribution in [0.15, 0.2) is 6.20 Å². The number of rotatable bonds is 3. The summed E-state index contributed by atoms with van der Waals surface area (Å²) in [6, 6.07) is 0.536. The van der Waals surface area contributed by atoms with Gasteiger partial charge in [-0.3, -0.25) is 4.79 Å². The molecule has 2 aliphatic rings. The van der Waals surface area contributed by atoms with Crippen molar-refractivity contribution in [2.45, 2.75) is 57.5 Å². The van der Waals surface area contributed by atoms with Gasteiger partial charge in [-0.05, 0) is 31.6 Å². The molecule has 0 bridgehead atoms. The van der Waals surface area contributed by atoms with E-state index >= 15 is 0 Å². The lowest BCUT2D eigenvalue weighted by atomic mass is 9.85. The molecule has 1 aromatic rings. The molecule has 104 valence electrons. The van der Waals surface area contributed by atoms with Crippen molar-refractivity contribution in [3.63, 3.8) is 0 Å². The van der Waals surface area contributed by atoms with Crippen LogP contribution in [-0.2, 0) is 11.2 Å². The van der Waals surface area contributed by atoms with Crippen molar-refractivity contribution in [2.75, 3.05) is 5.32 Å². The largest absolute Gasteiger partial charge is 0.303 e. The highest BCUT2D eigenvalue weighted by molar-refractivity contribution is 7.15. The number of nitrogens with one attached hydrogen (secondary N) is 2. The molecule has 2 N–H and O–H groups in total. The first-order chi connectivity index (χ1) is 9.26. The number of carbonyl (C=O) groups is 1. The molecule has 0 radical (unpaired) electrons. The maximum Gasteiger partial charge on any atom is 0.243 e. The molecule has 3 rings (SSSR count). The van der Waals surface area contributed by atoms with Crippen molar-refractivity contribution in [2.24, 2.45) is 5.92 Å². The Kier molecular flexibility index (Phi) is 3.84. The van der Waals surface area contributed by atoms with Gasteiger partial charge in [-0.15, -0.1) is 11.3 Å². The number of hydrogen-bond acceptors (Lipinski definition) is 4. The lowest BCUT2D eigenvalue weighted by Gasteiger charge is -2.24. The summed E-state index contributed by atoms with van der Waals surface area (Å²) in [6.07, 6.45) is 8.94. The molecule has 1 saturated carbocycles. The Bertz CT molecular complexity index is 445. The second kappa shape index (κ2) is 5.59. The molecule has 1 saturated heterocycles. The topological polar surface area (TPSA) is 54.0 Å². The van der Waals surface area contributed by atoms with E-state index in [0.29, 0.717) is 12.0 Å². The molecule has 3 unspecified atom stereocenters. The smallest absolute Gasteiger partial charge is 0.243 e. The van der Waals surface area contributed by atoms with Gasteiger partial charge in [-0.1, -0.05) is 19.8 Å². The summed E-state index contributed by atoms with van der Waals surface area (Å²) >= 11 is 1.57. The van der Waals surface area contributed by atoms with Gasteiger partial charge in [0, 0.05) is 17.1 Å². The molecule has 3 atom stereocenters. The van der Waals surface area contributed by atoms with Gasteiger partial charge in [0.2, 0.25) is 5.91 Å². The van der Waals surface area contributed by atoms with Crippen LogP contribution in [-0.4, -0.2) is 23.0 Å². The zero-order valence-electron chi connectivity index (χ0n) is 11.3. The fourth-order valence-corrected chi connectivity index (χ4v) is 4.00. The fourth-order valence-electron chi connectivity index (χ4n) is 3.24. The number of thiazole rings is 1. The van der Waals surface area contributed by atoms with E-state index in [1.807, 2.05) is 6.20 Å². The summed E-state index contributed by atoms with van der Waals surface area (Å²) in [5, 5.41) is 7.19. The molecule has 4 nitrogen and oxygen atoms in total. The third kappa shape index (κ3) is 2.82. The first kappa shape index (κ1) is 13.1. The van der Waals surface area contributed by atoms with Gasteiger partial charge in [-0.25, -0.2) is 4.98 Å². The summed E-state index contributed by atoms with van der Waals surface area (Å²) in [4.78, 5) is 17.7. The van der Waals surface area contributed by atoms with Gasteiger partial charge in [0.1, 0.15) is 0 Å². The Hall–Kier alpha value is -0.940. The minimum atomic E-state index is -0.0259. The number of aromatic nitrogens is 1. The van der Waals surface area contributed by atoms with Crippen LogP contribution in [0.4, 0.5) is 5.13 Å². The van der Waals surface area contributed by atoms with Crippen molar-refractivity contribution in [1.29, 1.82) is 0 Å². The molecule has 2 fully saturated rings. The highest BCUT2D eigenvalue weighted by Crippen LogP contribution is 2.33. The first-order valence-electron chi connectivity index (χ1n) is 7.28. The molecule has 1 aliphatic heterocycles. The van der Waals surface area contributed by atoms with Crippen LogP contribution in [0.1, 0.15) is 43.9 Å². The molecule has 2 heterocycles. The van der Waals surface area contributed by atoms with Gasteiger partial charge < -0.3 is 10.6 Å². The monoisotopic (exact) mass is 279 g/mol. The quantitative estimate of drug-likeness (QED) is 0.894.